The highest BCUT2D eigenvalue weighted by atomic mass is 32.1. The summed E-state index contributed by atoms with van der Waals surface area (Å²) in [5.41, 5.74) is 4.41. The minimum Gasteiger partial charge on any atom is -0.271 e. The van der Waals surface area contributed by atoms with E-state index in [-0.39, 0.29) is 0 Å². The zero-order valence-corrected chi connectivity index (χ0v) is 10.5. The molecule has 15 heavy (non-hydrogen) atoms. The van der Waals surface area contributed by atoms with Crippen LogP contribution in [-0.2, 0) is 6.42 Å². The molecule has 0 aromatic carbocycles. The number of thiophene rings is 1. The number of hydrogen-bond acceptors (Lipinski definition) is 3. The molecule has 0 aliphatic heterocycles. The van der Waals surface area contributed by atoms with Crippen molar-refractivity contribution >= 4 is 11.3 Å². The van der Waals surface area contributed by atoms with Crippen LogP contribution in [0, 0.1) is 5.92 Å². The maximum atomic E-state index is 5.62. The van der Waals surface area contributed by atoms with E-state index < -0.39 is 0 Å². The molecule has 1 aromatic rings. The third kappa shape index (κ3) is 3.93. The SMILES string of the molecule is CCC(CC)C(CCc1ccsc1)NN. The van der Waals surface area contributed by atoms with Crippen LogP contribution in [0.15, 0.2) is 16.8 Å². The summed E-state index contributed by atoms with van der Waals surface area (Å²) in [6.45, 7) is 4.48. The Morgan fingerprint density at radius 3 is 2.60 bits per heavy atom. The van der Waals surface area contributed by atoms with Crippen molar-refractivity contribution in [3.63, 3.8) is 0 Å². The van der Waals surface area contributed by atoms with E-state index in [2.05, 4.69) is 36.1 Å². The number of rotatable bonds is 7. The monoisotopic (exact) mass is 226 g/mol. The highest BCUT2D eigenvalue weighted by molar-refractivity contribution is 7.07. The van der Waals surface area contributed by atoms with E-state index in [1.165, 1.54) is 18.4 Å². The lowest BCUT2D eigenvalue weighted by Gasteiger charge is -2.24. The number of nitrogens with one attached hydrogen (secondary N) is 1. The largest absolute Gasteiger partial charge is 0.271 e. The normalized spacial score (nSPS) is 13.3. The molecule has 0 fully saturated rings. The second kappa shape index (κ2) is 6.99. The lowest BCUT2D eigenvalue weighted by atomic mass is 9.90. The van der Waals surface area contributed by atoms with Gasteiger partial charge in [-0.2, -0.15) is 11.3 Å². The summed E-state index contributed by atoms with van der Waals surface area (Å²) in [5.74, 6) is 6.32. The summed E-state index contributed by atoms with van der Waals surface area (Å²) in [5, 5.41) is 4.36. The van der Waals surface area contributed by atoms with Gasteiger partial charge >= 0.3 is 0 Å². The van der Waals surface area contributed by atoms with E-state index in [9.17, 15) is 0 Å². The highest BCUT2D eigenvalue weighted by Gasteiger charge is 2.16. The fourth-order valence-electron chi connectivity index (χ4n) is 2.07. The van der Waals surface area contributed by atoms with Crippen LogP contribution in [0.5, 0.6) is 0 Å². The molecule has 0 amide bonds. The molecule has 0 spiro atoms. The van der Waals surface area contributed by atoms with Crippen LogP contribution in [0.3, 0.4) is 0 Å². The predicted octanol–water partition coefficient (Wildman–Crippen LogP) is 2.95. The van der Waals surface area contributed by atoms with Gasteiger partial charge in [-0.25, -0.2) is 0 Å². The summed E-state index contributed by atoms with van der Waals surface area (Å²) in [6, 6.07) is 2.66. The molecule has 86 valence electrons. The van der Waals surface area contributed by atoms with Gasteiger partial charge in [0.25, 0.3) is 0 Å². The van der Waals surface area contributed by atoms with Crippen LogP contribution < -0.4 is 11.3 Å². The zero-order chi connectivity index (χ0) is 11.1. The number of nitrogens with two attached hydrogens (primary N) is 1. The molecule has 1 heterocycles. The third-order valence-corrected chi connectivity index (χ3v) is 3.89. The van der Waals surface area contributed by atoms with Crippen LogP contribution in [0.1, 0.15) is 38.7 Å². The number of hydrogen-bond donors (Lipinski definition) is 2. The Labute approximate surface area is 96.9 Å². The van der Waals surface area contributed by atoms with Crippen molar-refractivity contribution in [1.82, 2.24) is 5.43 Å². The van der Waals surface area contributed by atoms with Gasteiger partial charge < -0.3 is 0 Å². The van der Waals surface area contributed by atoms with Crippen LogP contribution in [0.25, 0.3) is 0 Å². The second-order valence-corrected chi connectivity index (χ2v) is 4.80. The smallest absolute Gasteiger partial charge is 0.0241 e. The lowest BCUT2D eigenvalue weighted by Crippen LogP contribution is -2.40. The number of hydrazine groups is 1. The van der Waals surface area contributed by atoms with E-state index >= 15 is 0 Å². The Bertz CT molecular complexity index is 242. The molecule has 0 bridgehead atoms. The fraction of sp³-hybridized carbons (Fsp3) is 0.667. The molecule has 0 saturated heterocycles. The van der Waals surface area contributed by atoms with Gasteiger partial charge in [-0.05, 0) is 41.1 Å². The minimum absolute atomic E-state index is 0.458. The van der Waals surface area contributed by atoms with E-state index in [1.807, 2.05) is 0 Å². The van der Waals surface area contributed by atoms with Crippen molar-refractivity contribution in [2.24, 2.45) is 11.8 Å². The Morgan fingerprint density at radius 2 is 2.13 bits per heavy atom. The Morgan fingerprint density at radius 1 is 1.40 bits per heavy atom. The zero-order valence-electron chi connectivity index (χ0n) is 9.70. The quantitative estimate of drug-likeness (QED) is 0.554. The van der Waals surface area contributed by atoms with Gasteiger partial charge in [-0.1, -0.05) is 26.7 Å². The average Bonchev–Trinajstić information content (AvgIpc) is 2.77. The molecule has 1 atom stereocenters. The molecule has 2 nitrogen and oxygen atoms in total. The maximum absolute atomic E-state index is 5.62. The van der Waals surface area contributed by atoms with Gasteiger partial charge in [0.15, 0.2) is 0 Å². The Hall–Kier alpha value is -0.380. The van der Waals surface area contributed by atoms with Crippen molar-refractivity contribution in [3.05, 3.63) is 22.4 Å². The van der Waals surface area contributed by atoms with Gasteiger partial charge in [0.2, 0.25) is 0 Å². The molecule has 3 heteroatoms. The van der Waals surface area contributed by atoms with Crippen LogP contribution >= 0.6 is 11.3 Å². The summed E-state index contributed by atoms with van der Waals surface area (Å²) in [4.78, 5) is 0. The molecule has 0 aliphatic rings. The van der Waals surface area contributed by atoms with Crippen LogP contribution in [0.4, 0.5) is 0 Å². The highest BCUT2D eigenvalue weighted by Crippen LogP contribution is 2.18. The third-order valence-electron chi connectivity index (χ3n) is 3.16. The van der Waals surface area contributed by atoms with E-state index in [1.54, 1.807) is 11.3 Å². The molecule has 0 aliphatic carbocycles. The van der Waals surface area contributed by atoms with E-state index in [0.29, 0.717) is 12.0 Å². The molecule has 3 N–H and O–H groups in total. The van der Waals surface area contributed by atoms with Gasteiger partial charge in [0.1, 0.15) is 0 Å². The van der Waals surface area contributed by atoms with Crippen LogP contribution in [-0.4, -0.2) is 6.04 Å². The van der Waals surface area contributed by atoms with Crippen molar-refractivity contribution in [2.45, 2.75) is 45.6 Å². The topological polar surface area (TPSA) is 38.0 Å². The first kappa shape index (κ1) is 12.7. The van der Waals surface area contributed by atoms with E-state index in [4.69, 9.17) is 5.84 Å². The van der Waals surface area contributed by atoms with Gasteiger partial charge in [-0.3, -0.25) is 11.3 Å². The summed E-state index contributed by atoms with van der Waals surface area (Å²) in [6.07, 6.45) is 4.68. The van der Waals surface area contributed by atoms with Gasteiger partial charge in [0.05, 0.1) is 0 Å². The Kier molecular flexibility index (Phi) is 5.91. The molecule has 0 radical (unpaired) electrons. The minimum atomic E-state index is 0.458. The summed E-state index contributed by atoms with van der Waals surface area (Å²) < 4.78 is 0. The molecule has 0 saturated carbocycles. The van der Waals surface area contributed by atoms with Crippen molar-refractivity contribution < 1.29 is 0 Å². The Balaban J connectivity index is 2.39. The van der Waals surface area contributed by atoms with Crippen LogP contribution in [0.2, 0.25) is 0 Å². The first-order valence-corrected chi connectivity index (χ1v) is 6.73. The lowest BCUT2D eigenvalue weighted by molar-refractivity contribution is 0.321. The molecular weight excluding hydrogens is 204 g/mol. The van der Waals surface area contributed by atoms with E-state index in [0.717, 1.165) is 12.8 Å². The predicted molar refractivity (Wildman–Crippen MR) is 67.8 cm³/mol. The molecule has 1 unspecified atom stereocenters. The standard InChI is InChI=1S/C12H22N2S/c1-3-11(4-2)12(14-13)6-5-10-7-8-15-9-10/h7-9,11-12,14H,3-6,13H2,1-2H3. The summed E-state index contributed by atoms with van der Waals surface area (Å²) >= 11 is 1.77. The maximum Gasteiger partial charge on any atom is 0.0241 e. The first-order valence-electron chi connectivity index (χ1n) is 5.79. The molecule has 1 rings (SSSR count). The van der Waals surface area contributed by atoms with Crippen molar-refractivity contribution in [1.29, 1.82) is 0 Å². The fourth-order valence-corrected chi connectivity index (χ4v) is 2.77. The second-order valence-electron chi connectivity index (χ2n) is 4.02. The van der Waals surface area contributed by atoms with Gasteiger partial charge in [-0.15, -0.1) is 0 Å². The summed E-state index contributed by atoms with van der Waals surface area (Å²) in [7, 11) is 0. The van der Waals surface area contributed by atoms with Crippen molar-refractivity contribution in [2.75, 3.05) is 0 Å². The average molecular weight is 226 g/mol. The molecular formula is C12H22N2S. The van der Waals surface area contributed by atoms with Gasteiger partial charge in [0, 0.05) is 6.04 Å². The first-order chi connectivity index (χ1) is 7.31. The molecule has 1 aromatic heterocycles. The number of aryl methyl sites for hydroxylation is 1. The van der Waals surface area contributed by atoms with Crippen molar-refractivity contribution in [3.8, 4) is 0 Å².